The Morgan fingerprint density at radius 2 is 0.854 bits per heavy atom. The molecule has 1 fully saturated rings. The molecule has 0 heterocycles. The summed E-state index contributed by atoms with van der Waals surface area (Å²) in [6, 6.07) is -0.652. The van der Waals surface area contributed by atoms with Crippen LogP contribution in [0.3, 0.4) is 0 Å². The van der Waals surface area contributed by atoms with Crippen molar-refractivity contribution < 1.29 is 38.1 Å². The Labute approximate surface area is 287 Å². The molecular formula is C34H62N6O8. The molecule has 276 valence electrons. The van der Waals surface area contributed by atoms with E-state index < -0.39 is 12.2 Å². The van der Waals surface area contributed by atoms with Crippen LogP contribution in [-0.2, 0) is 18.9 Å². The first kappa shape index (κ1) is 42.2. The molecule has 0 aromatic heterocycles. The zero-order chi connectivity index (χ0) is 34.9. The van der Waals surface area contributed by atoms with E-state index in [0.29, 0.717) is 52.6 Å². The van der Waals surface area contributed by atoms with Gasteiger partial charge >= 0.3 is 24.2 Å². The molecule has 0 radical (unpaired) electrons. The van der Waals surface area contributed by atoms with E-state index in [1.807, 2.05) is 0 Å². The SMILES string of the molecule is C=COCCCCOC(=O)NCCCCCCNC(=O)N[C@@H]1CCCC[C@H]1NC(=O)NCCCCCCNC(=O)OCCCCOC=C. The lowest BCUT2D eigenvalue weighted by atomic mass is 9.90. The van der Waals surface area contributed by atoms with Gasteiger partial charge in [-0.15, -0.1) is 0 Å². The lowest BCUT2D eigenvalue weighted by molar-refractivity contribution is 0.139. The Morgan fingerprint density at radius 3 is 1.23 bits per heavy atom. The van der Waals surface area contributed by atoms with E-state index in [2.05, 4.69) is 45.1 Å². The van der Waals surface area contributed by atoms with Crippen molar-refractivity contribution in [3.63, 3.8) is 0 Å². The zero-order valence-corrected chi connectivity index (χ0v) is 29.0. The molecule has 0 unspecified atom stereocenters. The van der Waals surface area contributed by atoms with Gasteiger partial charge in [0.1, 0.15) is 0 Å². The van der Waals surface area contributed by atoms with Crippen molar-refractivity contribution in [3.8, 4) is 0 Å². The average Bonchev–Trinajstić information content (AvgIpc) is 3.07. The molecule has 0 aromatic carbocycles. The molecule has 1 saturated carbocycles. The van der Waals surface area contributed by atoms with E-state index in [0.717, 1.165) is 103 Å². The highest BCUT2D eigenvalue weighted by Crippen LogP contribution is 2.18. The van der Waals surface area contributed by atoms with Crippen LogP contribution in [-0.4, -0.2) is 88.9 Å². The van der Waals surface area contributed by atoms with Crippen LogP contribution in [0, 0.1) is 0 Å². The van der Waals surface area contributed by atoms with E-state index in [9.17, 15) is 19.2 Å². The van der Waals surface area contributed by atoms with E-state index in [-0.39, 0.29) is 24.1 Å². The normalized spacial score (nSPS) is 15.2. The lowest BCUT2D eigenvalue weighted by Crippen LogP contribution is -2.56. The van der Waals surface area contributed by atoms with Crippen LogP contribution in [0.5, 0.6) is 0 Å². The Hall–Kier alpha value is -3.84. The van der Waals surface area contributed by atoms with Crippen molar-refractivity contribution in [2.24, 2.45) is 0 Å². The van der Waals surface area contributed by atoms with Crippen LogP contribution in [0.25, 0.3) is 0 Å². The van der Waals surface area contributed by atoms with E-state index in [1.165, 1.54) is 12.5 Å². The number of hydrogen-bond donors (Lipinski definition) is 6. The molecule has 0 aliphatic heterocycles. The molecule has 1 rings (SSSR count). The minimum Gasteiger partial charge on any atom is -0.502 e. The second-order valence-electron chi connectivity index (χ2n) is 11.7. The first-order valence-corrected chi connectivity index (χ1v) is 17.8. The van der Waals surface area contributed by atoms with Crippen molar-refractivity contribution in [3.05, 3.63) is 25.7 Å². The highest BCUT2D eigenvalue weighted by Gasteiger charge is 2.27. The Balaban J connectivity index is 2.03. The number of amides is 6. The molecule has 0 saturated heterocycles. The fraction of sp³-hybridized carbons (Fsp3) is 0.765. The van der Waals surface area contributed by atoms with Crippen molar-refractivity contribution >= 4 is 24.2 Å². The van der Waals surface area contributed by atoms with Gasteiger partial charge in [0.2, 0.25) is 0 Å². The predicted molar refractivity (Wildman–Crippen MR) is 186 cm³/mol. The molecule has 6 N–H and O–H groups in total. The van der Waals surface area contributed by atoms with Crippen LogP contribution >= 0.6 is 0 Å². The second kappa shape index (κ2) is 30.5. The Kier molecular flexibility index (Phi) is 26.8. The number of rotatable bonds is 28. The van der Waals surface area contributed by atoms with Crippen LogP contribution in [0.15, 0.2) is 25.7 Å². The fourth-order valence-electron chi connectivity index (χ4n) is 5.08. The van der Waals surface area contributed by atoms with Crippen molar-refractivity contribution in [1.82, 2.24) is 31.9 Å². The van der Waals surface area contributed by atoms with Gasteiger partial charge in [0.25, 0.3) is 0 Å². The molecule has 0 spiro atoms. The molecule has 6 amide bonds. The Bertz CT molecular complexity index is 824. The van der Waals surface area contributed by atoms with E-state index >= 15 is 0 Å². The number of alkyl carbamates (subject to hydrolysis) is 2. The maximum atomic E-state index is 12.5. The topological polar surface area (TPSA) is 177 Å². The minimum atomic E-state index is -0.401. The third kappa shape index (κ3) is 25.3. The smallest absolute Gasteiger partial charge is 0.407 e. The first-order valence-electron chi connectivity index (χ1n) is 17.8. The molecule has 2 atom stereocenters. The molecule has 1 aliphatic rings. The quantitative estimate of drug-likeness (QED) is 0.0473. The number of nitrogens with one attached hydrogen (secondary N) is 6. The monoisotopic (exact) mass is 682 g/mol. The average molecular weight is 683 g/mol. The van der Waals surface area contributed by atoms with Gasteiger partial charge in [0.15, 0.2) is 0 Å². The van der Waals surface area contributed by atoms with Gasteiger partial charge in [-0.25, -0.2) is 19.2 Å². The number of unbranched alkanes of at least 4 members (excludes halogenated alkanes) is 8. The zero-order valence-electron chi connectivity index (χ0n) is 29.0. The molecule has 0 bridgehead atoms. The number of hydrogen-bond acceptors (Lipinski definition) is 8. The van der Waals surface area contributed by atoms with Gasteiger partial charge < -0.3 is 50.8 Å². The number of urea groups is 2. The maximum Gasteiger partial charge on any atom is 0.407 e. The largest absolute Gasteiger partial charge is 0.502 e. The molecule has 48 heavy (non-hydrogen) atoms. The van der Waals surface area contributed by atoms with Gasteiger partial charge in [0, 0.05) is 26.2 Å². The third-order valence-corrected chi connectivity index (χ3v) is 7.73. The molecule has 14 heteroatoms. The highest BCUT2D eigenvalue weighted by atomic mass is 16.6. The molecule has 14 nitrogen and oxygen atoms in total. The van der Waals surface area contributed by atoms with Crippen molar-refractivity contribution in [2.75, 3.05) is 52.6 Å². The summed E-state index contributed by atoms with van der Waals surface area (Å²) in [5.74, 6) is 0. The van der Waals surface area contributed by atoms with Gasteiger partial charge in [0.05, 0.1) is 51.0 Å². The third-order valence-electron chi connectivity index (χ3n) is 7.73. The van der Waals surface area contributed by atoms with Gasteiger partial charge in [-0.3, -0.25) is 0 Å². The first-order chi connectivity index (χ1) is 23.5. The summed E-state index contributed by atoms with van der Waals surface area (Å²) in [4.78, 5) is 48.3. The highest BCUT2D eigenvalue weighted by molar-refractivity contribution is 5.76. The summed E-state index contributed by atoms with van der Waals surface area (Å²) in [5, 5.41) is 17.4. The number of ether oxygens (including phenoxy) is 4. The predicted octanol–water partition coefficient (Wildman–Crippen LogP) is 5.35. The van der Waals surface area contributed by atoms with Gasteiger partial charge in [-0.2, -0.15) is 0 Å². The van der Waals surface area contributed by atoms with Crippen molar-refractivity contribution in [2.45, 2.75) is 115 Å². The summed E-state index contributed by atoms with van der Waals surface area (Å²) in [6.07, 6.45) is 15.9. The summed E-state index contributed by atoms with van der Waals surface area (Å²) in [5.41, 5.74) is 0. The second-order valence-corrected chi connectivity index (χ2v) is 11.7. The lowest BCUT2D eigenvalue weighted by Gasteiger charge is -2.32. The molecule has 0 aromatic rings. The van der Waals surface area contributed by atoms with Gasteiger partial charge in [-0.05, 0) is 64.2 Å². The number of carbonyl (C=O) groups excluding carboxylic acids is 4. The summed E-state index contributed by atoms with van der Waals surface area (Å²) < 4.78 is 20.3. The maximum absolute atomic E-state index is 12.5. The minimum absolute atomic E-state index is 0.110. The van der Waals surface area contributed by atoms with E-state index in [1.54, 1.807) is 0 Å². The molecular weight excluding hydrogens is 620 g/mol. The Morgan fingerprint density at radius 1 is 0.500 bits per heavy atom. The van der Waals surface area contributed by atoms with Crippen LogP contribution in [0.2, 0.25) is 0 Å². The van der Waals surface area contributed by atoms with Crippen molar-refractivity contribution in [1.29, 1.82) is 0 Å². The number of carbonyl (C=O) groups is 4. The summed E-state index contributed by atoms with van der Waals surface area (Å²) in [6.45, 7) is 11.1. The summed E-state index contributed by atoms with van der Waals surface area (Å²) >= 11 is 0. The summed E-state index contributed by atoms with van der Waals surface area (Å²) in [7, 11) is 0. The fourth-order valence-corrected chi connectivity index (χ4v) is 5.08. The van der Waals surface area contributed by atoms with Crippen LogP contribution in [0.4, 0.5) is 19.2 Å². The van der Waals surface area contributed by atoms with E-state index in [4.69, 9.17) is 18.9 Å². The molecule has 1 aliphatic carbocycles. The van der Waals surface area contributed by atoms with Crippen LogP contribution in [0.1, 0.15) is 103 Å². The van der Waals surface area contributed by atoms with Crippen LogP contribution < -0.4 is 31.9 Å². The standard InChI is InChI=1S/C34H62N6O8/c1-3-45-25-15-17-27-47-33(43)37-23-13-7-5-11-21-35-31(41)39-29-19-9-10-20-30(29)40-32(42)36-22-12-6-8-14-24-38-34(44)48-28-18-16-26-46-4-2/h3-4,29-30H,1-2,5-28H2,(H,37,43)(H,38,44)(H2,35,39,41)(H2,36,40,42)/t29-,30-/m1/s1. The van der Waals surface area contributed by atoms with Gasteiger partial charge in [-0.1, -0.05) is 51.7 Å².